The average Bonchev–Trinajstić information content (AvgIpc) is 3.22. The molecule has 3 heterocycles. The fourth-order valence-electron chi connectivity index (χ4n) is 8.05. The number of carbonyl (C=O) groups is 1. The molecule has 5 unspecified atom stereocenters. The second kappa shape index (κ2) is 8.88. The van der Waals surface area contributed by atoms with Gasteiger partial charge in [-0.1, -0.05) is 23.3 Å². The Morgan fingerprint density at radius 3 is 2.74 bits per heavy atom. The number of fused-ring (bicyclic) bond motifs is 5. The summed E-state index contributed by atoms with van der Waals surface area (Å²) in [5, 5.41) is 15.4. The molecule has 0 aromatic rings. The summed E-state index contributed by atoms with van der Waals surface area (Å²) in [5.74, 6) is 1.66. The average molecular weight is 580 g/mol. The lowest BCUT2D eigenvalue weighted by molar-refractivity contribution is -0.126. The van der Waals surface area contributed by atoms with Crippen LogP contribution in [0.4, 0.5) is 0 Å². The fraction of sp³-hybridized carbons (Fsp3) is 0.778. The van der Waals surface area contributed by atoms with E-state index in [1.807, 2.05) is 11.8 Å². The molecule has 7 aliphatic rings. The van der Waals surface area contributed by atoms with Gasteiger partial charge in [-0.15, -0.1) is 11.8 Å². The van der Waals surface area contributed by atoms with Gasteiger partial charge in [0.15, 0.2) is 0 Å². The monoisotopic (exact) mass is 579 g/mol. The van der Waals surface area contributed by atoms with E-state index >= 15 is 0 Å². The summed E-state index contributed by atoms with van der Waals surface area (Å²) < 4.78 is 23.6. The van der Waals surface area contributed by atoms with Gasteiger partial charge in [0, 0.05) is 48.2 Å². The number of rotatable bonds is 4. The van der Waals surface area contributed by atoms with E-state index in [0.29, 0.717) is 18.8 Å². The molecule has 1 saturated heterocycles. The van der Waals surface area contributed by atoms with Gasteiger partial charge in [-0.25, -0.2) is 8.42 Å². The molecule has 11 heteroatoms. The van der Waals surface area contributed by atoms with Crippen LogP contribution in [-0.4, -0.2) is 77.8 Å². The van der Waals surface area contributed by atoms with Crippen molar-refractivity contribution in [2.45, 2.75) is 99.1 Å². The summed E-state index contributed by atoms with van der Waals surface area (Å²) in [4.78, 5) is 17.3. The minimum atomic E-state index is -3.03. The Bertz CT molecular complexity index is 1250. The molecule has 0 aromatic carbocycles. The van der Waals surface area contributed by atoms with E-state index in [4.69, 9.17) is 16.7 Å². The number of nitrogens with zero attached hydrogens (tertiary/aromatic N) is 3. The number of hydrazone groups is 1. The van der Waals surface area contributed by atoms with Crippen LogP contribution in [0, 0.1) is 17.8 Å². The van der Waals surface area contributed by atoms with Crippen LogP contribution >= 0.6 is 23.4 Å². The molecule has 3 aliphatic heterocycles. The standard InChI is InChI=1S/C27H38ClN5O3S2/c1-14-31-32(2)26-27(8-9-27)30-23(18-6-4-5-7-20(18)28)22-19-10-15(11-21(19)37-25(22)33(14)26)24(34)29-16-12-17(13-16)38(3,35)36/h7,15-18,22-23,25-26,30H,4-6,8-13H2,1-3H3,(H,29,34)/t15-,16-,17-,18?,22?,23?,25?,26?/m0/s1. The molecular formula is C27H38ClN5O3S2. The zero-order chi connectivity index (χ0) is 26.6. The van der Waals surface area contributed by atoms with Gasteiger partial charge < -0.3 is 15.5 Å². The summed E-state index contributed by atoms with van der Waals surface area (Å²) in [5.41, 5.74) is 1.46. The molecule has 8 nitrogen and oxygen atoms in total. The van der Waals surface area contributed by atoms with Crippen LogP contribution in [0.2, 0.25) is 0 Å². The van der Waals surface area contributed by atoms with E-state index < -0.39 is 9.84 Å². The van der Waals surface area contributed by atoms with E-state index in [1.165, 1.54) is 16.7 Å². The summed E-state index contributed by atoms with van der Waals surface area (Å²) in [6.07, 6.45) is 11.9. The van der Waals surface area contributed by atoms with Crippen molar-refractivity contribution < 1.29 is 13.2 Å². The first-order valence-corrected chi connectivity index (χ1v) is 17.3. The Labute approximate surface area is 235 Å². The zero-order valence-corrected chi connectivity index (χ0v) is 24.7. The number of amides is 1. The third-order valence-electron chi connectivity index (χ3n) is 10.2. The maximum atomic E-state index is 13.3. The van der Waals surface area contributed by atoms with Crippen LogP contribution in [0.1, 0.15) is 64.7 Å². The van der Waals surface area contributed by atoms with E-state index in [-0.39, 0.29) is 52.2 Å². The van der Waals surface area contributed by atoms with Gasteiger partial charge in [-0.2, -0.15) is 5.10 Å². The summed E-state index contributed by atoms with van der Waals surface area (Å²) >= 11 is 8.90. The van der Waals surface area contributed by atoms with E-state index in [0.717, 1.165) is 55.8 Å². The van der Waals surface area contributed by atoms with Gasteiger partial charge in [0.05, 0.1) is 16.2 Å². The number of halogens is 1. The summed E-state index contributed by atoms with van der Waals surface area (Å²) in [7, 11) is -0.922. The minimum Gasteiger partial charge on any atom is -0.353 e. The van der Waals surface area contributed by atoms with Crippen molar-refractivity contribution in [2.75, 3.05) is 13.3 Å². The minimum absolute atomic E-state index is 0.0222. The molecule has 0 bridgehead atoms. The Kier molecular flexibility index (Phi) is 6.01. The first kappa shape index (κ1) is 25.7. The summed E-state index contributed by atoms with van der Waals surface area (Å²) in [6, 6.07) is 0.216. The van der Waals surface area contributed by atoms with E-state index in [1.54, 1.807) is 0 Å². The predicted molar refractivity (Wildman–Crippen MR) is 151 cm³/mol. The maximum absolute atomic E-state index is 13.3. The number of sulfone groups is 1. The predicted octanol–water partition coefficient (Wildman–Crippen LogP) is 3.37. The lowest BCUT2D eigenvalue weighted by Gasteiger charge is -2.39. The van der Waals surface area contributed by atoms with Gasteiger partial charge in [0.25, 0.3) is 0 Å². The fourth-order valence-corrected chi connectivity index (χ4v) is 11.4. The molecular weight excluding hydrogens is 542 g/mol. The van der Waals surface area contributed by atoms with Crippen molar-refractivity contribution in [3.8, 4) is 0 Å². The number of nitrogens with one attached hydrogen (secondary N) is 2. The third kappa shape index (κ3) is 3.98. The molecule has 4 aliphatic carbocycles. The smallest absolute Gasteiger partial charge is 0.224 e. The molecule has 0 aromatic heterocycles. The van der Waals surface area contributed by atoms with Crippen molar-refractivity contribution in [3.63, 3.8) is 0 Å². The van der Waals surface area contributed by atoms with Gasteiger partial charge in [-0.05, 0) is 69.6 Å². The SMILES string of the molecule is CC1=NN(C)C2N1C1SC3=C(C[C@H](C(=O)N[C@H]4C[C@H](S(C)(=O)=O)C4)C3)C1C(C1CCCC=C1Cl)NC21CC1. The van der Waals surface area contributed by atoms with Crippen LogP contribution < -0.4 is 10.6 Å². The van der Waals surface area contributed by atoms with Crippen molar-refractivity contribution >= 4 is 44.9 Å². The van der Waals surface area contributed by atoms with Crippen LogP contribution in [0.5, 0.6) is 0 Å². The number of carbonyl (C=O) groups excluding carboxylic acids is 1. The topological polar surface area (TPSA) is 94.1 Å². The largest absolute Gasteiger partial charge is 0.353 e. The lowest BCUT2D eigenvalue weighted by Crippen LogP contribution is -2.56. The van der Waals surface area contributed by atoms with Gasteiger partial charge in [-0.3, -0.25) is 9.80 Å². The Morgan fingerprint density at radius 2 is 2.05 bits per heavy atom. The van der Waals surface area contributed by atoms with Crippen LogP contribution in [0.3, 0.4) is 0 Å². The molecule has 208 valence electrons. The Hall–Kier alpha value is -1.23. The third-order valence-corrected chi connectivity index (χ3v) is 13.7. The number of hydrogen-bond acceptors (Lipinski definition) is 8. The quantitative estimate of drug-likeness (QED) is 0.527. The van der Waals surface area contributed by atoms with Crippen molar-refractivity contribution in [2.24, 2.45) is 22.9 Å². The molecule has 6 atom stereocenters. The Morgan fingerprint density at radius 1 is 1.29 bits per heavy atom. The normalized spacial score (nSPS) is 41.2. The highest BCUT2D eigenvalue weighted by Crippen LogP contribution is 2.60. The molecule has 7 rings (SSSR count). The van der Waals surface area contributed by atoms with Crippen molar-refractivity contribution in [3.05, 3.63) is 21.6 Å². The second-order valence-corrected chi connectivity index (χ2v) is 16.6. The first-order chi connectivity index (χ1) is 18.1. The highest BCUT2D eigenvalue weighted by molar-refractivity contribution is 8.04. The number of amidine groups is 1. The van der Waals surface area contributed by atoms with Crippen LogP contribution in [0.25, 0.3) is 0 Å². The number of likely N-dealkylation sites (N-methyl/N-ethyl adjacent to an activating group) is 1. The molecule has 1 spiro atoms. The second-order valence-electron chi connectivity index (χ2n) is 12.7. The molecule has 0 radical (unpaired) electrons. The number of hydrogen-bond donors (Lipinski definition) is 2. The van der Waals surface area contributed by atoms with Gasteiger partial charge in [0.2, 0.25) is 5.91 Å². The zero-order valence-electron chi connectivity index (χ0n) is 22.3. The van der Waals surface area contributed by atoms with Gasteiger partial charge >= 0.3 is 0 Å². The molecule has 2 N–H and O–H groups in total. The number of thioether (sulfide) groups is 1. The molecule has 38 heavy (non-hydrogen) atoms. The van der Waals surface area contributed by atoms with Crippen LogP contribution in [-0.2, 0) is 14.6 Å². The summed E-state index contributed by atoms with van der Waals surface area (Å²) in [6.45, 7) is 2.14. The van der Waals surface area contributed by atoms with Crippen molar-refractivity contribution in [1.29, 1.82) is 0 Å². The van der Waals surface area contributed by atoms with E-state index in [2.05, 4.69) is 40.6 Å². The number of allylic oxidation sites excluding steroid dienone is 2. The first-order valence-electron chi connectivity index (χ1n) is 14.1. The molecule has 2 saturated carbocycles. The van der Waals surface area contributed by atoms with Crippen molar-refractivity contribution in [1.82, 2.24) is 20.5 Å². The maximum Gasteiger partial charge on any atom is 0.224 e. The molecule has 3 fully saturated rings. The highest BCUT2D eigenvalue weighted by Gasteiger charge is 2.64. The van der Waals surface area contributed by atoms with E-state index in [9.17, 15) is 13.2 Å². The molecule has 1 amide bonds. The lowest BCUT2D eigenvalue weighted by atomic mass is 9.77. The Balaban J connectivity index is 1.15. The van der Waals surface area contributed by atoms with Crippen LogP contribution in [0.15, 0.2) is 26.7 Å². The van der Waals surface area contributed by atoms with Gasteiger partial charge in [0.1, 0.15) is 21.8 Å². The highest BCUT2D eigenvalue weighted by atomic mass is 35.5.